The molecule has 0 spiro atoms. The average molecular weight is 417 g/mol. The Labute approximate surface area is 180 Å². The second-order valence-electron chi connectivity index (χ2n) is 8.36. The van der Waals surface area contributed by atoms with Gasteiger partial charge in [-0.05, 0) is 64.1 Å². The molecule has 0 unspecified atom stereocenters. The molecule has 0 aliphatic carbocycles. The fourth-order valence-corrected chi connectivity index (χ4v) is 3.50. The van der Waals surface area contributed by atoms with Crippen molar-refractivity contribution < 1.29 is 0 Å². The molecule has 2 aromatic heterocycles. The normalized spacial score (nSPS) is 11.5. The van der Waals surface area contributed by atoms with Crippen LogP contribution in [-0.2, 0) is 6.42 Å². The molecule has 6 N–H and O–H groups in total. The summed E-state index contributed by atoms with van der Waals surface area (Å²) in [5.41, 5.74) is 5.15. The molecule has 4 rings (SSSR count). The maximum atomic E-state index is 8.18. The molecule has 0 aliphatic rings. The summed E-state index contributed by atoms with van der Waals surface area (Å²) >= 11 is 0. The number of hydrogen-bond acceptors (Lipinski definition) is 4. The zero-order chi connectivity index (χ0) is 22.1. The molecule has 2 aromatic carbocycles. The highest BCUT2D eigenvalue weighted by Crippen LogP contribution is 2.18. The van der Waals surface area contributed by atoms with Crippen molar-refractivity contribution in [3.63, 3.8) is 0 Å². The number of H-pyrrole nitrogens is 2. The lowest BCUT2D eigenvalue weighted by atomic mass is 10.1. The van der Waals surface area contributed by atoms with E-state index in [4.69, 9.17) is 20.8 Å². The second-order valence-corrected chi connectivity index (χ2v) is 8.36. The number of aromatic amines is 2. The van der Waals surface area contributed by atoms with Gasteiger partial charge in [0.1, 0.15) is 23.3 Å². The minimum atomic E-state index is 0.205. The third-order valence-electron chi connectivity index (χ3n) is 4.84. The first-order valence-electron chi connectivity index (χ1n) is 10.5. The number of fused-ring (bicyclic) bond motifs is 2. The Bertz CT molecular complexity index is 1160. The molecule has 31 heavy (non-hydrogen) atoms. The van der Waals surface area contributed by atoms with Gasteiger partial charge in [0.25, 0.3) is 0 Å². The average Bonchev–Trinajstić information content (AvgIpc) is 3.28. The van der Waals surface area contributed by atoms with Crippen LogP contribution in [0.15, 0.2) is 36.4 Å². The van der Waals surface area contributed by atoms with Crippen molar-refractivity contribution in [2.24, 2.45) is 0 Å². The standard InChI is InChI=1S/C23H28N8/c1-12(2)26-22(24)14-5-7-16-18(9-14)30-20(28-16)11-21-29-17-8-6-15(10-19(17)31-21)23(25)27-13(3)4/h5-10,12-13H,11H2,1-4H3,(H2,24,26)(H2,25,27)(H,28,30)(H,29,31). The van der Waals surface area contributed by atoms with Crippen LogP contribution in [0.5, 0.6) is 0 Å². The lowest BCUT2D eigenvalue weighted by Gasteiger charge is -2.10. The van der Waals surface area contributed by atoms with Gasteiger partial charge in [-0.1, -0.05) is 0 Å². The molecule has 0 fully saturated rings. The summed E-state index contributed by atoms with van der Waals surface area (Å²) in [5, 5.41) is 22.6. The second kappa shape index (κ2) is 8.22. The molecule has 4 aromatic rings. The molecule has 160 valence electrons. The van der Waals surface area contributed by atoms with Crippen LogP contribution in [0.25, 0.3) is 22.1 Å². The van der Waals surface area contributed by atoms with Gasteiger partial charge in [0, 0.05) is 23.2 Å². The summed E-state index contributed by atoms with van der Waals surface area (Å²) in [7, 11) is 0. The van der Waals surface area contributed by atoms with Gasteiger partial charge in [-0.3, -0.25) is 10.8 Å². The number of benzene rings is 2. The SMILES string of the molecule is CC(C)NC(=N)c1ccc2[nH]c(Cc3nc4cc(C(=N)NC(C)C)ccc4[nH]3)nc2c1. The van der Waals surface area contributed by atoms with Gasteiger partial charge in [-0.25, -0.2) is 9.97 Å². The first kappa shape index (κ1) is 20.6. The van der Waals surface area contributed by atoms with E-state index in [2.05, 4.69) is 20.6 Å². The molecule has 0 atom stereocenters. The Morgan fingerprint density at radius 3 is 1.58 bits per heavy atom. The van der Waals surface area contributed by atoms with Crippen LogP contribution in [0.2, 0.25) is 0 Å². The first-order chi connectivity index (χ1) is 14.8. The minimum absolute atomic E-state index is 0.205. The molecule has 0 radical (unpaired) electrons. The van der Waals surface area contributed by atoms with Gasteiger partial charge >= 0.3 is 0 Å². The zero-order valence-electron chi connectivity index (χ0n) is 18.2. The summed E-state index contributed by atoms with van der Waals surface area (Å²) in [6, 6.07) is 12.0. The number of nitrogens with zero attached hydrogens (tertiary/aromatic N) is 2. The highest BCUT2D eigenvalue weighted by atomic mass is 15.0. The molecular weight excluding hydrogens is 388 g/mol. The Balaban J connectivity index is 1.55. The highest BCUT2D eigenvalue weighted by molar-refractivity contribution is 6.00. The fraction of sp³-hybridized carbons (Fsp3) is 0.304. The smallest absolute Gasteiger partial charge is 0.125 e. The van der Waals surface area contributed by atoms with Crippen molar-refractivity contribution in [2.75, 3.05) is 0 Å². The molecule has 0 amide bonds. The summed E-state index contributed by atoms with van der Waals surface area (Å²) in [5.74, 6) is 2.41. The van der Waals surface area contributed by atoms with Gasteiger partial charge in [0.15, 0.2) is 0 Å². The number of hydrogen-bond donors (Lipinski definition) is 6. The Kier molecular flexibility index (Phi) is 5.46. The maximum absolute atomic E-state index is 8.18. The van der Waals surface area contributed by atoms with Gasteiger partial charge in [-0.2, -0.15) is 0 Å². The molecule has 8 nitrogen and oxygen atoms in total. The lowest BCUT2D eigenvalue weighted by Crippen LogP contribution is -2.30. The van der Waals surface area contributed by atoms with E-state index in [1.165, 1.54) is 0 Å². The van der Waals surface area contributed by atoms with Crippen molar-refractivity contribution >= 4 is 33.7 Å². The molecule has 0 aliphatic heterocycles. The fourth-order valence-electron chi connectivity index (χ4n) is 3.50. The minimum Gasteiger partial charge on any atom is -0.368 e. The van der Waals surface area contributed by atoms with Crippen LogP contribution < -0.4 is 10.6 Å². The van der Waals surface area contributed by atoms with Gasteiger partial charge < -0.3 is 20.6 Å². The Morgan fingerprint density at radius 2 is 1.19 bits per heavy atom. The predicted molar refractivity (Wildman–Crippen MR) is 125 cm³/mol. The highest BCUT2D eigenvalue weighted by Gasteiger charge is 2.11. The van der Waals surface area contributed by atoms with E-state index in [1.807, 2.05) is 64.1 Å². The molecule has 8 heteroatoms. The van der Waals surface area contributed by atoms with E-state index in [-0.39, 0.29) is 12.1 Å². The predicted octanol–water partition coefficient (Wildman–Crippen LogP) is 3.68. The van der Waals surface area contributed by atoms with Gasteiger partial charge in [0.05, 0.1) is 28.5 Å². The van der Waals surface area contributed by atoms with Crippen LogP contribution in [0, 0.1) is 10.8 Å². The van der Waals surface area contributed by atoms with Crippen molar-refractivity contribution in [3.8, 4) is 0 Å². The van der Waals surface area contributed by atoms with Gasteiger partial charge in [0.2, 0.25) is 0 Å². The number of rotatable bonds is 6. The van der Waals surface area contributed by atoms with Crippen molar-refractivity contribution in [2.45, 2.75) is 46.2 Å². The monoisotopic (exact) mass is 416 g/mol. The molecular formula is C23H28N8. The van der Waals surface area contributed by atoms with Crippen LogP contribution in [0.1, 0.15) is 50.5 Å². The van der Waals surface area contributed by atoms with Crippen LogP contribution in [0.3, 0.4) is 0 Å². The third kappa shape index (κ3) is 4.58. The van der Waals surface area contributed by atoms with Crippen molar-refractivity contribution in [1.82, 2.24) is 30.6 Å². The van der Waals surface area contributed by atoms with E-state index >= 15 is 0 Å². The quantitative estimate of drug-likeness (QED) is 0.212. The summed E-state index contributed by atoms with van der Waals surface area (Å²) < 4.78 is 0. The summed E-state index contributed by atoms with van der Waals surface area (Å²) in [6.07, 6.45) is 0.539. The molecule has 0 saturated heterocycles. The van der Waals surface area contributed by atoms with Crippen LogP contribution in [-0.4, -0.2) is 43.7 Å². The third-order valence-corrected chi connectivity index (χ3v) is 4.84. The Hall–Kier alpha value is -3.68. The molecule has 0 bridgehead atoms. The van der Waals surface area contributed by atoms with Crippen LogP contribution in [0.4, 0.5) is 0 Å². The van der Waals surface area contributed by atoms with Gasteiger partial charge in [-0.15, -0.1) is 0 Å². The largest absolute Gasteiger partial charge is 0.368 e. The number of nitrogens with one attached hydrogen (secondary N) is 6. The number of aromatic nitrogens is 4. The first-order valence-corrected chi connectivity index (χ1v) is 10.5. The summed E-state index contributed by atoms with van der Waals surface area (Å²) in [6.45, 7) is 8.05. The Morgan fingerprint density at radius 1 is 0.774 bits per heavy atom. The van der Waals surface area contributed by atoms with E-state index < -0.39 is 0 Å². The molecule has 2 heterocycles. The van der Waals surface area contributed by atoms with Crippen LogP contribution >= 0.6 is 0 Å². The van der Waals surface area contributed by atoms with Crippen molar-refractivity contribution in [3.05, 3.63) is 59.2 Å². The van der Waals surface area contributed by atoms with E-state index in [0.717, 1.165) is 44.8 Å². The maximum Gasteiger partial charge on any atom is 0.125 e. The van der Waals surface area contributed by atoms with Crippen molar-refractivity contribution in [1.29, 1.82) is 10.8 Å². The topological polar surface area (TPSA) is 129 Å². The zero-order valence-corrected chi connectivity index (χ0v) is 18.2. The number of imidazole rings is 2. The van der Waals surface area contributed by atoms with E-state index in [9.17, 15) is 0 Å². The van der Waals surface area contributed by atoms with E-state index in [0.29, 0.717) is 18.1 Å². The number of amidine groups is 2. The lowest BCUT2D eigenvalue weighted by molar-refractivity contribution is 0.730. The molecule has 0 saturated carbocycles. The van der Waals surface area contributed by atoms with E-state index in [1.54, 1.807) is 0 Å². The summed E-state index contributed by atoms with van der Waals surface area (Å²) in [4.78, 5) is 16.1.